The van der Waals surface area contributed by atoms with Gasteiger partial charge in [-0.3, -0.25) is 9.69 Å². The number of hydrogen-bond donors (Lipinski definition) is 1. The Bertz CT molecular complexity index is 484. The lowest BCUT2D eigenvalue weighted by Gasteiger charge is -2.35. The van der Waals surface area contributed by atoms with E-state index in [4.69, 9.17) is 4.74 Å². The Morgan fingerprint density at radius 2 is 2.19 bits per heavy atom. The predicted octanol–water partition coefficient (Wildman–Crippen LogP) is 0.959. The molecule has 0 aromatic carbocycles. The fraction of sp³-hybridized carbons (Fsp3) is 0.667. The summed E-state index contributed by atoms with van der Waals surface area (Å²) in [4.78, 5) is 18.9. The van der Waals surface area contributed by atoms with Crippen molar-refractivity contribution in [3.05, 3.63) is 21.4 Å². The van der Waals surface area contributed by atoms with Gasteiger partial charge in [-0.15, -0.1) is 11.3 Å². The van der Waals surface area contributed by atoms with Crippen molar-refractivity contribution in [2.75, 3.05) is 39.3 Å². The first-order valence-electron chi connectivity index (χ1n) is 7.52. The SMILES string of the molecule is C[C@@H](O)CN1CCN(C(=O)c2cc3c(s2)CCOC3)CC1. The lowest BCUT2D eigenvalue weighted by atomic mass is 10.2. The van der Waals surface area contributed by atoms with E-state index in [0.717, 1.165) is 44.1 Å². The minimum absolute atomic E-state index is 0.145. The topological polar surface area (TPSA) is 53.0 Å². The normalized spacial score (nSPS) is 21.1. The molecule has 0 spiro atoms. The van der Waals surface area contributed by atoms with Gasteiger partial charge in [0, 0.05) is 44.0 Å². The fourth-order valence-corrected chi connectivity index (χ4v) is 4.03. The molecule has 6 heteroatoms. The molecule has 3 rings (SSSR count). The average Bonchev–Trinajstić information content (AvgIpc) is 2.90. The quantitative estimate of drug-likeness (QED) is 0.903. The third-order valence-electron chi connectivity index (χ3n) is 4.02. The number of hydrogen-bond acceptors (Lipinski definition) is 5. The smallest absolute Gasteiger partial charge is 0.264 e. The zero-order valence-electron chi connectivity index (χ0n) is 12.4. The average molecular weight is 310 g/mol. The Morgan fingerprint density at radius 3 is 2.86 bits per heavy atom. The van der Waals surface area contributed by atoms with Crippen LogP contribution in [0.25, 0.3) is 0 Å². The van der Waals surface area contributed by atoms with E-state index in [0.29, 0.717) is 13.2 Å². The van der Waals surface area contributed by atoms with Gasteiger partial charge < -0.3 is 14.7 Å². The third kappa shape index (κ3) is 3.45. The lowest BCUT2D eigenvalue weighted by Crippen LogP contribution is -2.50. The summed E-state index contributed by atoms with van der Waals surface area (Å²) in [7, 11) is 0. The molecule has 21 heavy (non-hydrogen) atoms. The molecule has 0 radical (unpaired) electrons. The second-order valence-electron chi connectivity index (χ2n) is 5.80. The second-order valence-corrected chi connectivity index (χ2v) is 6.94. The van der Waals surface area contributed by atoms with E-state index in [1.54, 1.807) is 18.3 Å². The van der Waals surface area contributed by atoms with Crippen LogP contribution in [0.15, 0.2) is 6.07 Å². The van der Waals surface area contributed by atoms with Crippen molar-refractivity contribution >= 4 is 17.2 Å². The minimum Gasteiger partial charge on any atom is -0.392 e. The van der Waals surface area contributed by atoms with Gasteiger partial charge in [-0.2, -0.15) is 0 Å². The summed E-state index contributed by atoms with van der Waals surface area (Å²) in [5.74, 6) is 0.145. The van der Waals surface area contributed by atoms with Gasteiger partial charge in [0.2, 0.25) is 0 Å². The van der Waals surface area contributed by atoms with Crippen molar-refractivity contribution in [2.24, 2.45) is 0 Å². The molecule has 1 aromatic rings. The number of rotatable bonds is 3. The molecule has 1 saturated heterocycles. The number of nitrogens with zero attached hydrogens (tertiary/aromatic N) is 2. The second kappa shape index (κ2) is 6.44. The molecular formula is C15H22N2O3S. The standard InChI is InChI=1S/C15H22N2O3S/c1-11(18)9-16-3-5-17(6-4-16)15(19)14-8-12-10-20-7-2-13(12)21-14/h8,11,18H,2-7,9-10H2,1H3/t11-/m1/s1. The maximum Gasteiger partial charge on any atom is 0.264 e. The molecule has 1 fully saturated rings. The molecule has 1 atom stereocenters. The molecule has 0 unspecified atom stereocenters. The first-order valence-corrected chi connectivity index (χ1v) is 8.34. The highest BCUT2D eigenvalue weighted by Gasteiger charge is 2.25. The molecule has 2 aliphatic heterocycles. The van der Waals surface area contributed by atoms with Crippen molar-refractivity contribution in [3.8, 4) is 0 Å². The highest BCUT2D eigenvalue weighted by Crippen LogP contribution is 2.28. The zero-order valence-corrected chi connectivity index (χ0v) is 13.2. The van der Waals surface area contributed by atoms with Crippen molar-refractivity contribution in [2.45, 2.75) is 26.1 Å². The molecular weight excluding hydrogens is 288 g/mol. The number of amides is 1. The first-order chi connectivity index (χ1) is 10.1. The Kier molecular flexibility index (Phi) is 4.59. The van der Waals surface area contributed by atoms with Gasteiger partial charge in [-0.05, 0) is 18.6 Å². The van der Waals surface area contributed by atoms with E-state index in [1.165, 1.54) is 10.4 Å². The Morgan fingerprint density at radius 1 is 1.43 bits per heavy atom. The molecule has 1 amide bonds. The minimum atomic E-state index is -0.309. The Labute approximate surface area is 129 Å². The summed E-state index contributed by atoms with van der Waals surface area (Å²) < 4.78 is 5.44. The van der Waals surface area contributed by atoms with E-state index >= 15 is 0 Å². The highest BCUT2D eigenvalue weighted by atomic mass is 32.1. The van der Waals surface area contributed by atoms with Crippen LogP contribution in [0.3, 0.4) is 0 Å². The number of aliphatic hydroxyl groups is 1. The number of piperazine rings is 1. The number of ether oxygens (including phenoxy) is 1. The molecule has 3 heterocycles. The van der Waals surface area contributed by atoms with Crippen LogP contribution < -0.4 is 0 Å². The molecule has 1 N–H and O–H groups in total. The van der Waals surface area contributed by atoms with Crippen LogP contribution in [-0.2, 0) is 17.8 Å². The van der Waals surface area contributed by atoms with Crippen molar-refractivity contribution in [3.63, 3.8) is 0 Å². The van der Waals surface area contributed by atoms with Crippen LogP contribution in [0.2, 0.25) is 0 Å². The van der Waals surface area contributed by atoms with Crippen molar-refractivity contribution in [1.29, 1.82) is 0 Å². The van der Waals surface area contributed by atoms with Gasteiger partial charge in [0.15, 0.2) is 0 Å². The molecule has 116 valence electrons. The van der Waals surface area contributed by atoms with E-state index in [1.807, 2.05) is 11.0 Å². The zero-order chi connectivity index (χ0) is 14.8. The van der Waals surface area contributed by atoms with E-state index < -0.39 is 0 Å². The van der Waals surface area contributed by atoms with Crippen molar-refractivity contribution < 1.29 is 14.6 Å². The van der Waals surface area contributed by atoms with E-state index in [9.17, 15) is 9.90 Å². The van der Waals surface area contributed by atoms with Crippen LogP contribution in [-0.4, -0.2) is 66.2 Å². The lowest BCUT2D eigenvalue weighted by molar-refractivity contribution is 0.0558. The highest BCUT2D eigenvalue weighted by molar-refractivity contribution is 7.14. The Balaban J connectivity index is 1.60. The molecule has 5 nitrogen and oxygen atoms in total. The first kappa shape index (κ1) is 15.0. The van der Waals surface area contributed by atoms with Gasteiger partial charge >= 0.3 is 0 Å². The summed E-state index contributed by atoms with van der Waals surface area (Å²) in [6.45, 7) is 7.05. The van der Waals surface area contributed by atoms with E-state index in [-0.39, 0.29) is 12.0 Å². The number of thiophene rings is 1. The number of carbonyl (C=O) groups is 1. The van der Waals surface area contributed by atoms with Gasteiger partial charge in [-0.1, -0.05) is 0 Å². The largest absolute Gasteiger partial charge is 0.392 e. The van der Waals surface area contributed by atoms with Crippen LogP contribution in [0.4, 0.5) is 0 Å². The number of carbonyl (C=O) groups excluding carboxylic acids is 1. The van der Waals surface area contributed by atoms with Crippen LogP contribution >= 0.6 is 11.3 Å². The number of β-amino-alcohol motifs (C(OH)–C–C–N with tert-alkyl or cyclic N) is 1. The number of aliphatic hydroxyl groups excluding tert-OH is 1. The molecule has 1 aromatic heterocycles. The van der Waals surface area contributed by atoms with Gasteiger partial charge in [0.1, 0.15) is 0 Å². The molecule has 0 saturated carbocycles. The predicted molar refractivity (Wildman–Crippen MR) is 81.7 cm³/mol. The maximum atomic E-state index is 12.6. The third-order valence-corrected chi connectivity index (χ3v) is 5.25. The summed E-state index contributed by atoms with van der Waals surface area (Å²) in [5, 5.41) is 9.42. The molecule has 0 bridgehead atoms. The molecule has 2 aliphatic rings. The summed E-state index contributed by atoms with van der Waals surface area (Å²) in [6.07, 6.45) is 0.617. The summed E-state index contributed by atoms with van der Waals surface area (Å²) in [6, 6.07) is 2.00. The van der Waals surface area contributed by atoms with Gasteiger partial charge in [0.05, 0.1) is 24.2 Å². The molecule has 0 aliphatic carbocycles. The van der Waals surface area contributed by atoms with Crippen molar-refractivity contribution in [1.82, 2.24) is 9.80 Å². The summed E-state index contributed by atoms with van der Waals surface area (Å²) in [5.41, 5.74) is 1.18. The van der Waals surface area contributed by atoms with Crippen LogP contribution in [0, 0.1) is 0 Å². The van der Waals surface area contributed by atoms with Crippen LogP contribution in [0.1, 0.15) is 27.0 Å². The fourth-order valence-electron chi connectivity index (χ4n) is 2.92. The van der Waals surface area contributed by atoms with E-state index in [2.05, 4.69) is 4.90 Å². The maximum absolute atomic E-state index is 12.6. The van der Waals surface area contributed by atoms with Gasteiger partial charge in [-0.25, -0.2) is 0 Å². The Hall–Kier alpha value is -0.950. The van der Waals surface area contributed by atoms with Gasteiger partial charge in [0.25, 0.3) is 5.91 Å². The monoisotopic (exact) mass is 310 g/mol. The summed E-state index contributed by atoms with van der Waals surface area (Å²) >= 11 is 1.62. The number of fused-ring (bicyclic) bond motifs is 1. The van der Waals surface area contributed by atoms with Crippen LogP contribution in [0.5, 0.6) is 0 Å².